The van der Waals surface area contributed by atoms with Crippen molar-refractivity contribution in [1.29, 1.82) is 0 Å². The lowest BCUT2D eigenvalue weighted by Gasteiger charge is -2.20. The van der Waals surface area contributed by atoms with E-state index in [1.165, 1.54) is 6.92 Å². The first-order valence-corrected chi connectivity index (χ1v) is 21.7. The van der Waals surface area contributed by atoms with E-state index in [1.54, 1.807) is 49.1 Å². The van der Waals surface area contributed by atoms with Crippen molar-refractivity contribution < 1.29 is 39.1 Å². The largest absolute Gasteiger partial charge is 0.488 e. The van der Waals surface area contributed by atoms with Gasteiger partial charge in [0.1, 0.15) is 61.5 Å². The summed E-state index contributed by atoms with van der Waals surface area (Å²) in [5, 5.41) is 33.4. The number of benzene rings is 4. The highest BCUT2D eigenvalue weighted by Crippen LogP contribution is 2.38. The molecule has 4 N–H and O–H groups in total. The van der Waals surface area contributed by atoms with Gasteiger partial charge in [-0.2, -0.15) is 0 Å². The lowest BCUT2D eigenvalue weighted by molar-refractivity contribution is -0.142. The third-order valence-corrected chi connectivity index (χ3v) is 11.9. The van der Waals surface area contributed by atoms with Gasteiger partial charge in [0.2, 0.25) is 0 Å². The molecule has 2 aliphatic rings. The Labute approximate surface area is 386 Å². The van der Waals surface area contributed by atoms with Gasteiger partial charge >= 0.3 is 5.97 Å². The van der Waals surface area contributed by atoms with E-state index in [-0.39, 0.29) is 45.6 Å². The van der Waals surface area contributed by atoms with E-state index < -0.39 is 18.1 Å². The fraction of sp³-hybridized carbons (Fsp3) is 0.260. The van der Waals surface area contributed by atoms with E-state index in [2.05, 4.69) is 44.3 Å². The Hall–Kier alpha value is -6.35. The highest BCUT2D eigenvalue weighted by molar-refractivity contribution is 6.32. The molecule has 334 valence electrons. The number of hydrogen-bond donors (Lipinski definition) is 4. The van der Waals surface area contributed by atoms with E-state index in [0.29, 0.717) is 44.2 Å². The van der Waals surface area contributed by atoms with Crippen LogP contribution in [0.25, 0.3) is 11.1 Å². The number of hydrogen-bond acceptors (Lipinski definition) is 12. The minimum atomic E-state index is -1.21. The number of nitrogens with one attached hydrogen (secondary N) is 1. The zero-order chi connectivity index (χ0) is 45.6. The molecule has 3 atom stereocenters. The highest BCUT2D eigenvalue weighted by atomic mass is 35.5. The quantitative estimate of drug-likeness (QED) is 0.0543. The first kappa shape index (κ1) is 45.2. The van der Waals surface area contributed by atoms with Crippen LogP contribution in [0, 0.1) is 13.8 Å². The Morgan fingerprint density at radius 2 is 1.28 bits per heavy atom. The Kier molecular flexibility index (Phi) is 14.1. The second kappa shape index (κ2) is 20.2. The van der Waals surface area contributed by atoms with E-state index >= 15 is 0 Å². The molecule has 0 saturated heterocycles. The molecular formula is C50H47Cl2N5O8. The summed E-state index contributed by atoms with van der Waals surface area (Å²) in [5.74, 6) is 0.511. The fourth-order valence-corrected chi connectivity index (χ4v) is 7.88. The van der Waals surface area contributed by atoms with Gasteiger partial charge in [-0.05, 0) is 78.4 Å². The van der Waals surface area contributed by atoms with Gasteiger partial charge in [0.15, 0.2) is 0 Å². The van der Waals surface area contributed by atoms with Crippen LogP contribution in [0.2, 0.25) is 10.0 Å². The van der Waals surface area contributed by atoms with Crippen LogP contribution in [0.5, 0.6) is 23.0 Å². The molecule has 0 saturated carbocycles. The van der Waals surface area contributed by atoms with Crippen molar-refractivity contribution >= 4 is 41.1 Å². The third-order valence-electron chi connectivity index (χ3n) is 11.3. The van der Waals surface area contributed by atoms with Crippen LogP contribution in [0.3, 0.4) is 0 Å². The van der Waals surface area contributed by atoms with Crippen molar-refractivity contribution in [3.8, 4) is 34.1 Å². The zero-order valence-electron chi connectivity index (χ0n) is 35.9. The van der Waals surface area contributed by atoms with Crippen molar-refractivity contribution in [1.82, 2.24) is 15.3 Å². The molecule has 0 amide bonds. The maximum Gasteiger partial charge on any atom is 0.323 e. The number of carboxylic acid groups (broad SMARTS) is 1. The number of aromatic nitrogens is 2. The molecule has 2 aromatic heterocycles. The van der Waals surface area contributed by atoms with Gasteiger partial charge in [-0.1, -0.05) is 59.6 Å². The number of aliphatic imine (C=N–C) groups is 2. The van der Waals surface area contributed by atoms with Crippen LogP contribution >= 0.6 is 23.2 Å². The number of aliphatic carboxylic acids is 1. The molecule has 15 heteroatoms. The number of pyridine rings is 2. The van der Waals surface area contributed by atoms with Crippen LogP contribution < -0.4 is 24.3 Å². The molecule has 0 spiro atoms. The number of carbonyl (C=O) groups is 1. The first-order chi connectivity index (χ1) is 31.4. The number of ether oxygens (including phenoxy) is 4. The molecule has 6 aromatic rings. The van der Waals surface area contributed by atoms with E-state index in [4.69, 9.17) is 42.1 Å². The zero-order valence-corrected chi connectivity index (χ0v) is 37.4. The summed E-state index contributed by atoms with van der Waals surface area (Å²) in [6.45, 7) is 6.89. The van der Waals surface area contributed by atoms with E-state index in [0.717, 1.165) is 67.9 Å². The number of carboxylic acids is 1. The molecule has 0 aliphatic carbocycles. The summed E-state index contributed by atoms with van der Waals surface area (Å²) in [5.41, 5.74) is 11.8. The maximum absolute atomic E-state index is 11.8. The molecule has 0 fully saturated rings. The summed E-state index contributed by atoms with van der Waals surface area (Å²) in [4.78, 5) is 29.0. The average molecular weight is 917 g/mol. The van der Waals surface area contributed by atoms with Gasteiger partial charge in [-0.15, -0.1) is 0 Å². The first-order valence-electron chi connectivity index (χ1n) is 21.0. The molecule has 0 bridgehead atoms. The Morgan fingerprint density at radius 1 is 0.738 bits per heavy atom. The molecule has 0 radical (unpaired) electrons. The summed E-state index contributed by atoms with van der Waals surface area (Å²) in [6.07, 6.45) is 7.72. The minimum absolute atomic E-state index is 0.0353. The number of rotatable bonds is 21. The maximum atomic E-state index is 11.8. The number of aliphatic hydroxyl groups excluding tert-OH is 2. The topological polar surface area (TPSA) is 177 Å². The SMILES string of the molecule is Cc1c(COc2cc(OCc3cncc(C4=NC4)c3)c(CO)cc2Cl)cccc1-c1cccc(COc2cc(OCc3cncc(C4C=N4)c3)c(CN[C@@H](C(=O)O)[C@@H](C)O)cc2Cl)c1C. The van der Waals surface area contributed by atoms with Crippen molar-refractivity contribution in [2.45, 2.75) is 78.5 Å². The van der Waals surface area contributed by atoms with Crippen LogP contribution in [-0.2, 0) is 44.4 Å². The summed E-state index contributed by atoms with van der Waals surface area (Å²) in [7, 11) is 0. The molecule has 4 aromatic carbocycles. The predicted octanol–water partition coefficient (Wildman–Crippen LogP) is 8.73. The summed E-state index contributed by atoms with van der Waals surface area (Å²) >= 11 is 13.5. The Bertz CT molecular complexity index is 2790. The second-order valence-electron chi connectivity index (χ2n) is 15.9. The van der Waals surface area contributed by atoms with Gasteiger partial charge in [-0.3, -0.25) is 30.1 Å². The van der Waals surface area contributed by atoms with Gasteiger partial charge in [0, 0.05) is 83.1 Å². The molecule has 8 rings (SSSR count). The van der Waals surface area contributed by atoms with Crippen molar-refractivity contribution in [3.05, 3.63) is 163 Å². The lowest BCUT2D eigenvalue weighted by atomic mass is 9.92. The second-order valence-corrected chi connectivity index (χ2v) is 16.7. The average Bonchev–Trinajstić information content (AvgIpc) is 4.23. The standard InChI is InChI=1S/C50H47Cl2N5O8/c1-28-33(26-64-47-14-45(62-24-31-10-35(18-53-16-31)43-21-55-43)37(12-41(47)51)20-57-49(30(3)59)50(60)61)6-4-8-39(28)40-9-5-7-34(29(40)2)27-65-48-15-46(38(23-58)13-42(48)52)63-25-32-11-36(19-54-17-32)44-22-56-44/h4-19,21,30,43,49,57-59H,20,22-27H2,1-3H3,(H,60,61)/t30-,43?,49-/m1/s1. The lowest BCUT2D eigenvalue weighted by Crippen LogP contribution is -2.44. The highest BCUT2D eigenvalue weighted by Gasteiger charge is 2.24. The number of halogens is 2. The van der Waals surface area contributed by atoms with Gasteiger partial charge in [-0.25, -0.2) is 0 Å². The van der Waals surface area contributed by atoms with Crippen LogP contribution in [-0.4, -0.2) is 61.9 Å². The summed E-state index contributed by atoms with van der Waals surface area (Å²) < 4.78 is 25.1. The van der Waals surface area contributed by atoms with Crippen LogP contribution in [0.15, 0.2) is 108 Å². The van der Waals surface area contributed by atoms with Crippen LogP contribution in [0.4, 0.5) is 0 Å². The van der Waals surface area contributed by atoms with Gasteiger partial charge in [0.05, 0.1) is 35.0 Å². The van der Waals surface area contributed by atoms with E-state index in [9.17, 15) is 20.1 Å². The molecule has 4 heterocycles. The molecular weight excluding hydrogens is 869 g/mol. The van der Waals surface area contributed by atoms with Crippen molar-refractivity contribution in [2.24, 2.45) is 9.98 Å². The normalized spacial score (nSPS) is 14.6. The predicted molar refractivity (Wildman–Crippen MR) is 249 cm³/mol. The minimum Gasteiger partial charge on any atom is -0.488 e. The monoisotopic (exact) mass is 915 g/mol. The third kappa shape index (κ3) is 11.1. The fourth-order valence-electron chi connectivity index (χ4n) is 7.39. The molecule has 2 aliphatic heterocycles. The van der Waals surface area contributed by atoms with Crippen molar-refractivity contribution in [3.63, 3.8) is 0 Å². The Balaban J connectivity index is 0.970. The molecule has 65 heavy (non-hydrogen) atoms. The van der Waals surface area contributed by atoms with E-state index in [1.807, 2.05) is 49.5 Å². The molecule has 13 nitrogen and oxygen atoms in total. The number of nitrogens with zero attached hydrogens (tertiary/aromatic N) is 4. The smallest absolute Gasteiger partial charge is 0.323 e. The van der Waals surface area contributed by atoms with Gasteiger partial charge < -0.3 is 34.3 Å². The summed E-state index contributed by atoms with van der Waals surface area (Å²) in [6, 6.07) is 21.7. The Morgan fingerprint density at radius 3 is 1.82 bits per heavy atom. The van der Waals surface area contributed by atoms with Crippen LogP contribution in [0.1, 0.15) is 68.6 Å². The van der Waals surface area contributed by atoms with Gasteiger partial charge in [0.25, 0.3) is 0 Å². The molecule has 1 unspecified atom stereocenters. The van der Waals surface area contributed by atoms with Crippen molar-refractivity contribution in [2.75, 3.05) is 6.54 Å². The number of aliphatic hydroxyl groups is 2.